The van der Waals surface area contributed by atoms with Gasteiger partial charge in [-0.1, -0.05) is 76.1 Å². The van der Waals surface area contributed by atoms with Crippen molar-refractivity contribution < 1.29 is 38.0 Å². The monoisotopic (exact) mass is 668 g/mol. The number of carbonyl (C=O) groups is 2. The number of benzene rings is 1. The molecule has 268 valence electrons. The molecule has 1 aliphatic carbocycles. The first-order chi connectivity index (χ1) is 23.3. The summed E-state index contributed by atoms with van der Waals surface area (Å²) in [4.78, 5) is 25.0. The van der Waals surface area contributed by atoms with Gasteiger partial charge in [-0.3, -0.25) is 4.79 Å². The van der Waals surface area contributed by atoms with E-state index in [-0.39, 0.29) is 60.1 Å². The van der Waals surface area contributed by atoms with Crippen molar-refractivity contribution >= 4 is 11.9 Å². The van der Waals surface area contributed by atoms with E-state index in [1.807, 2.05) is 18.2 Å². The fourth-order valence-electron chi connectivity index (χ4n) is 7.05. The summed E-state index contributed by atoms with van der Waals surface area (Å²) in [6, 6.07) is 9.21. The highest BCUT2D eigenvalue weighted by Gasteiger charge is 2.46. The minimum atomic E-state index is -0.370. The standard InChI is InChI=1S/C40H60O8/c1-5-6-26-40(2,3)35(48-38-23-15-17-28-45-38)25-24-32-31(20-12-7-8-13-21-36(41)43-4)33(46-37-22-14-16-27-44-37)29-34(32)47-39(42)30-18-10-9-11-19-30/h7,9-12,18-19,24-25,31-35,37-38H,5-6,8,13-17,20-23,26-29H2,1-4H3/b12-7-,25-24+/t31-,32-,33+,34-,35-,37?,38?/m1/s1. The number of unbranched alkanes of at least 4 members (excludes halogenated alkanes) is 2. The zero-order chi connectivity index (χ0) is 34.2. The van der Waals surface area contributed by atoms with Gasteiger partial charge in [-0.15, -0.1) is 0 Å². The Morgan fingerprint density at radius 2 is 1.69 bits per heavy atom. The smallest absolute Gasteiger partial charge is 0.338 e. The minimum Gasteiger partial charge on any atom is -0.469 e. The lowest BCUT2D eigenvalue weighted by molar-refractivity contribution is -0.198. The van der Waals surface area contributed by atoms with Gasteiger partial charge in [-0.25, -0.2) is 4.79 Å². The van der Waals surface area contributed by atoms with Crippen molar-refractivity contribution in [2.45, 2.75) is 142 Å². The van der Waals surface area contributed by atoms with Crippen LogP contribution in [0.3, 0.4) is 0 Å². The highest BCUT2D eigenvalue weighted by molar-refractivity contribution is 5.89. The second-order valence-corrected chi connectivity index (χ2v) is 14.3. The first-order valence-corrected chi connectivity index (χ1v) is 18.5. The molecule has 1 aromatic rings. The Morgan fingerprint density at radius 1 is 0.958 bits per heavy atom. The van der Waals surface area contributed by atoms with Gasteiger partial charge in [-0.05, 0) is 87.7 Å². The molecule has 0 spiro atoms. The SMILES string of the molecule is CCCCC(C)(C)[C@@H](/C=C/[C@@H]1[C@@H](C/C=C\CCCC(=O)OC)[C@@H](OC2CCCCO2)C[C@H]1OC(=O)c1ccccc1)OC1CCCCO1. The Balaban J connectivity index is 1.61. The average molecular weight is 669 g/mol. The zero-order valence-electron chi connectivity index (χ0n) is 29.8. The molecule has 0 radical (unpaired) electrons. The third-order valence-corrected chi connectivity index (χ3v) is 10.0. The number of hydrogen-bond acceptors (Lipinski definition) is 8. The first-order valence-electron chi connectivity index (χ1n) is 18.5. The number of allylic oxidation sites excluding steroid dienone is 2. The van der Waals surface area contributed by atoms with Crippen LogP contribution in [0.4, 0.5) is 0 Å². The molecule has 2 unspecified atom stereocenters. The molecule has 8 heteroatoms. The highest BCUT2D eigenvalue weighted by atomic mass is 16.7. The molecule has 2 aliphatic heterocycles. The van der Waals surface area contributed by atoms with Crippen molar-refractivity contribution in [2.75, 3.05) is 20.3 Å². The molecule has 8 nitrogen and oxygen atoms in total. The van der Waals surface area contributed by atoms with E-state index in [1.165, 1.54) is 7.11 Å². The van der Waals surface area contributed by atoms with Gasteiger partial charge in [0.25, 0.3) is 0 Å². The molecule has 0 bridgehead atoms. The fourth-order valence-corrected chi connectivity index (χ4v) is 7.05. The van der Waals surface area contributed by atoms with E-state index >= 15 is 0 Å². The molecule has 1 saturated carbocycles. The fraction of sp³-hybridized carbons (Fsp3) is 0.700. The van der Waals surface area contributed by atoms with Crippen LogP contribution in [0.5, 0.6) is 0 Å². The number of ether oxygens (including phenoxy) is 6. The first kappa shape index (κ1) is 38.3. The van der Waals surface area contributed by atoms with Crippen molar-refractivity contribution in [2.24, 2.45) is 17.3 Å². The summed E-state index contributed by atoms with van der Waals surface area (Å²) >= 11 is 0. The average Bonchev–Trinajstić information content (AvgIpc) is 3.42. The lowest BCUT2D eigenvalue weighted by Gasteiger charge is -2.36. The molecule has 48 heavy (non-hydrogen) atoms. The van der Waals surface area contributed by atoms with Crippen molar-refractivity contribution in [3.05, 3.63) is 60.2 Å². The Kier molecular flexibility index (Phi) is 16.1. The van der Waals surface area contributed by atoms with Crippen molar-refractivity contribution in [3.63, 3.8) is 0 Å². The molecule has 4 rings (SSSR count). The van der Waals surface area contributed by atoms with Crippen molar-refractivity contribution in [1.29, 1.82) is 0 Å². The number of rotatable bonds is 18. The third kappa shape index (κ3) is 12.1. The lowest BCUT2D eigenvalue weighted by atomic mass is 9.80. The summed E-state index contributed by atoms with van der Waals surface area (Å²) in [5.41, 5.74) is 0.432. The van der Waals surface area contributed by atoms with Crippen molar-refractivity contribution in [1.82, 2.24) is 0 Å². The Morgan fingerprint density at radius 3 is 2.35 bits per heavy atom. The highest BCUT2D eigenvalue weighted by Crippen LogP contribution is 2.42. The molecule has 2 heterocycles. The van der Waals surface area contributed by atoms with Gasteiger partial charge in [0, 0.05) is 32.0 Å². The van der Waals surface area contributed by atoms with E-state index in [0.29, 0.717) is 25.0 Å². The van der Waals surface area contributed by atoms with Crippen LogP contribution in [0.1, 0.15) is 121 Å². The number of methoxy groups -OCH3 is 1. The predicted octanol–water partition coefficient (Wildman–Crippen LogP) is 8.73. The van der Waals surface area contributed by atoms with E-state index in [9.17, 15) is 9.59 Å². The number of hydrogen-bond donors (Lipinski definition) is 0. The molecular weight excluding hydrogens is 608 g/mol. The summed E-state index contributed by atoms with van der Waals surface area (Å²) in [5.74, 6) is -0.545. The van der Waals surface area contributed by atoms with Crippen LogP contribution in [0, 0.1) is 17.3 Å². The van der Waals surface area contributed by atoms with Crippen LogP contribution < -0.4 is 0 Å². The quantitative estimate of drug-likeness (QED) is 0.0872. The van der Waals surface area contributed by atoms with Crippen LogP contribution in [-0.4, -0.2) is 63.2 Å². The minimum absolute atomic E-state index is 0.0579. The Labute approximate surface area is 288 Å². The van der Waals surface area contributed by atoms with Gasteiger partial charge in [0.1, 0.15) is 6.10 Å². The summed E-state index contributed by atoms with van der Waals surface area (Å²) in [6.07, 6.45) is 20.2. The largest absolute Gasteiger partial charge is 0.469 e. The molecule has 3 aliphatic rings. The normalized spacial score (nSPS) is 27.3. The topological polar surface area (TPSA) is 89.5 Å². The van der Waals surface area contributed by atoms with Crippen LogP contribution in [0.25, 0.3) is 0 Å². The summed E-state index contributed by atoms with van der Waals surface area (Å²) in [7, 11) is 1.42. The molecule has 0 amide bonds. The summed E-state index contributed by atoms with van der Waals surface area (Å²) < 4.78 is 36.6. The third-order valence-electron chi connectivity index (χ3n) is 10.0. The van der Waals surface area contributed by atoms with E-state index in [2.05, 4.69) is 45.1 Å². The molecule has 0 aromatic heterocycles. The van der Waals surface area contributed by atoms with E-state index in [1.54, 1.807) is 12.1 Å². The molecule has 2 saturated heterocycles. The van der Waals surface area contributed by atoms with Gasteiger partial charge in [0.2, 0.25) is 0 Å². The van der Waals surface area contributed by atoms with Gasteiger partial charge < -0.3 is 28.4 Å². The number of carbonyl (C=O) groups excluding carboxylic acids is 2. The van der Waals surface area contributed by atoms with Crippen LogP contribution in [-0.2, 0) is 33.2 Å². The summed E-state index contributed by atoms with van der Waals surface area (Å²) in [6.45, 7) is 8.21. The lowest BCUT2D eigenvalue weighted by Crippen LogP contribution is -2.36. The van der Waals surface area contributed by atoms with Crippen LogP contribution in [0.15, 0.2) is 54.6 Å². The zero-order valence-corrected chi connectivity index (χ0v) is 29.8. The summed E-state index contributed by atoms with van der Waals surface area (Å²) in [5, 5.41) is 0. The predicted molar refractivity (Wildman–Crippen MR) is 186 cm³/mol. The maximum Gasteiger partial charge on any atom is 0.338 e. The Bertz CT molecular complexity index is 1140. The van der Waals surface area contributed by atoms with Gasteiger partial charge in [-0.2, -0.15) is 0 Å². The maximum absolute atomic E-state index is 13.4. The van der Waals surface area contributed by atoms with E-state index in [4.69, 9.17) is 28.4 Å². The Hall–Kier alpha value is -2.52. The molecule has 3 fully saturated rings. The van der Waals surface area contributed by atoms with E-state index in [0.717, 1.165) is 83.7 Å². The van der Waals surface area contributed by atoms with Gasteiger partial charge in [0.15, 0.2) is 12.6 Å². The second-order valence-electron chi connectivity index (χ2n) is 14.3. The van der Waals surface area contributed by atoms with Crippen molar-refractivity contribution in [3.8, 4) is 0 Å². The van der Waals surface area contributed by atoms with E-state index < -0.39 is 0 Å². The molecule has 7 atom stereocenters. The van der Waals surface area contributed by atoms with Crippen LogP contribution >= 0.6 is 0 Å². The molecule has 1 aromatic carbocycles. The van der Waals surface area contributed by atoms with Gasteiger partial charge >= 0.3 is 11.9 Å². The molecule has 0 N–H and O–H groups in total. The second kappa shape index (κ2) is 20.2. The number of esters is 2. The maximum atomic E-state index is 13.4. The van der Waals surface area contributed by atoms with Crippen LogP contribution in [0.2, 0.25) is 0 Å². The van der Waals surface area contributed by atoms with Gasteiger partial charge in [0.05, 0.1) is 24.9 Å². The molecular formula is C40H60O8.